The van der Waals surface area contributed by atoms with E-state index in [0.29, 0.717) is 17.7 Å². The zero-order valence-corrected chi connectivity index (χ0v) is 11.7. The van der Waals surface area contributed by atoms with Gasteiger partial charge in [0.2, 0.25) is 0 Å². The lowest BCUT2D eigenvalue weighted by atomic mass is 10.2. The highest BCUT2D eigenvalue weighted by Gasteiger charge is 2.14. The molecule has 0 aliphatic heterocycles. The van der Waals surface area contributed by atoms with E-state index in [9.17, 15) is 9.59 Å². The third-order valence-corrected chi connectivity index (χ3v) is 3.43. The molecule has 19 heavy (non-hydrogen) atoms. The Bertz CT molecular complexity index is 693. The van der Waals surface area contributed by atoms with Gasteiger partial charge in [-0.15, -0.1) is 0 Å². The number of aryl methyl sites for hydroxylation is 2. The Balaban J connectivity index is 2.48. The molecule has 0 spiro atoms. The van der Waals surface area contributed by atoms with Crippen molar-refractivity contribution in [2.45, 2.75) is 39.2 Å². The molecule has 0 N–H and O–H groups in total. The molecule has 0 radical (unpaired) electrons. The second-order valence-electron chi connectivity index (χ2n) is 4.89. The molecule has 0 bridgehead atoms. The molecule has 2 heterocycles. The maximum atomic E-state index is 12.2. The number of unbranched alkanes of at least 4 members (excludes halogenated alkanes) is 3. The number of nitrogens with zero attached hydrogens (tertiary/aromatic N) is 4. The average Bonchev–Trinajstić information content (AvgIpc) is 2.77. The van der Waals surface area contributed by atoms with Crippen molar-refractivity contribution in [3.05, 3.63) is 27.2 Å². The van der Waals surface area contributed by atoms with Gasteiger partial charge >= 0.3 is 5.69 Å². The molecular weight excluding hydrogens is 244 g/mol. The van der Waals surface area contributed by atoms with Crippen molar-refractivity contribution >= 4 is 11.2 Å². The Morgan fingerprint density at radius 3 is 2.58 bits per heavy atom. The summed E-state index contributed by atoms with van der Waals surface area (Å²) in [5.74, 6) is 0. The van der Waals surface area contributed by atoms with Gasteiger partial charge in [-0.2, -0.15) is 0 Å². The van der Waals surface area contributed by atoms with Crippen molar-refractivity contribution in [3.63, 3.8) is 0 Å². The molecule has 0 aliphatic rings. The SMILES string of the molecule is CCCCCCn1c(=O)n(C)c(=O)c2c1ncn2C. The highest BCUT2D eigenvalue weighted by molar-refractivity contribution is 5.69. The van der Waals surface area contributed by atoms with E-state index in [1.807, 2.05) is 0 Å². The van der Waals surface area contributed by atoms with Crippen molar-refractivity contribution in [2.75, 3.05) is 0 Å². The smallest absolute Gasteiger partial charge is 0.328 e. The van der Waals surface area contributed by atoms with E-state index in [0.717, 1.165) is 30.3 Å². The van der Waals surface area contributed by atoms with E-state index < -0.39 is 0 Å². The number of fused-ring (bicyclic) bond motifs is 1. The lowest BCUT2D eigenvalue weighted by Crippen LogP contribution is -2.38. The van der Waals surface area contributed by atoms with Gasteiger partial charge in [-0.05, 0) is 6.42 Å². The van der Waals surface area contributed by atoms with E-state index in [4.69, 9.17) is 0 Å². The van der Waals surface area contributed by atoms with Crippen LogP contribution in [0.3, 0.4) is 0 Å². The Morgan fingerprint density at radius 1 is 1.16 bits per heavy atom. The topological polar surface area (TPSA) is 61.8 Å². The molecule has 0 aliphatic carbocycles. The van der Waals surface area contributed by atoms with Crippen LogP contribution in [0.25, 0.3) is 11.2 Å². The molecule has 6 nitrogen and oxygen atoms in total. The van der Waals surface area contributed by atoms with Crippen LogP contribution in [0.15, 0.2) is 15.9 Å². The Kier molecular flexibility index (Phi) is 3.87. The summed E-state index contributed by atoms with van der Waals surface area (Å²) < 4.78 is 4.43. The van der Waals surface area contributed by atoms with Crippen molar-refractivity contribution in [1.29, 1.82) is 0 Å². The number of hydrogen-bond donors (Lipinski definition) is 0. The first kappa shape index (κ1) is 13.6. The van der Waals surface area contributed by atoms with Crippen molar-refractivity contribution in [1.82, 2.24) is 18.7 Å². The van der Waals surface area contributed by atoms with E-state index in [1.165, 1.54) is 7.05 Å². The summed E-state index contributed by atoms with van der Waals surface area (Å²) >= 11 is 0. The number of hydrogen-bond acceptors (Lipinski definition) is 3. The summed E-state index contributed by atoms with van der Waals surface area (Å²) in [5, 5.41) is 0. The molecule has 0 saturated carbocycles. The van der Waals surface area contributed by atoms with Crippen LogP contribution in [-0.4, -0.2) is 18.7 Å². The molecule has 2 rings (SSSR count). The van der Waals surface area contributed by atoms with Gasteiger partial charge in [0.05, 0.1) is 6.33 Å². The van der Waals surface area contributed by atoms with E-state index >= 15 is 0 Å². The van der Waals surface area contributed by atoms with Gasteiger partial charge in [0.1, 0.15) is 0 Å². The van der Waals surface area contributed by atoms with Crippen molar-refractivity contribution in [3.8, 4) is 0 Å². The third-order valence-electron chi connectivity index (χ3n) is 3.43. The Labute approximate surface area is 111 Å². The maximum Gasteiger partial charge on any atom is 0.332 e. The fourth-order valence-corrected chi connectivity index (χ4v) is 2.28. The highest BCUT2D eigenvalue weighted by atomic mass is 16.2. The summed E-state index contributed by atoms with van der Waals surface area (Å²) in [4.78, 5) is 28.4. The minimum atomic E-state index is -0.287. The monoisotopic (exact) mass is 264 g/mol. The second-order valence-corrected chi connectivity index (χ2v) is 4.89. The molecule has 0 atom stereocenters. The molecule has 0 aromatic carbocycles. The molecule has 6 heteroatoms. The number of rotatable bonds is 5. The summed E-state index contributed by atoms with van der Waals surface area (Å²) in [7, 11) is 3.28. The quantitative estimate of drug-likeness (QED) is 0.757. The third kappa shape index (κ3) is 2.34. The molecule has 0 amide bonds. The predicted molar refractivity (Wildman–Crippen MR) is 74.4 cm³/mol. The average molecular weight is 264 g/mol. The Hall–Kier alpha value is -1.85. The van der Waals surface area contributed by atoms with E-state index in [1.54, 1.807) is 22.5 Å². The van der Waals surface area contributed by atoms with E-state index in [2.05, 4.69) is 11.9 Å². The van der Waals surface area contributed by atoms with Crippen LogP contribution in [0.5, 0.6) is 0 Å². The number of aromatic nitrogens is 4. The zero-order chi connectivity index (χ0) is 14.0. The van der Waals surface area contributed by atoms with Gasteiger partial charge in [-0.3, -0.25) is 13.9 Å². The number of imidazole rings is 1. The van der Waals surface area contributed by atoms with Gasteiger partial charge in [0, 0.05) is 20.6 Å². The fourth-order valence-electron chi connectivity index (χ4n) is 2.28. The predicted octanol–water partition coefficient (Wildman–Crippen LogP) is 1.01. The van der Waals surface area contributed by atoms with Crippen LogP contribution in [-0.2, 0) is 20.6 Å². The molecule has 0 saturated heterocycles. The maximum absolute atomic E-state index is 12.2. The lowest BCUT2D eigenvalue weighted by Gasteiger charge is -2.08. The first-order chi connectivity index (χ1) is 9.07. The second kappa shape index (κ2) is 5.42. The first-order valence-corrected chi connectivity index (χ1v) is 6.68. The van der Waals surface area contributed by atoms with Gasteiger partial charge in [0.15, 0.2) is 11.2 Å². The molecule has 2 aromatic rings. The van der Waals surface area contributed by atoms with Gasteiger partial charge in [-0.1, -0.05) is 26.2 Å². The van der Waals surface area contributed by atoms with Gasteiger partial charge in [-0.25, -0.2) is 9.78 Å². The molecule has 0 unspecified atom stereocenters. The van der Waals surface area contributed by atoms with Gasteiger partial charge < -0.3 is 4.57 Å². The standard InChI is InChI=1S/C13H20N4O2/c1-4-5-6-7-8-17-11-10(15(2)9-14-11)12(18)16(3)13(17)19/h9H,4-8H2,1-3H3. The van der Waals surface area contributed by atoms with Crippen LogP contribution in [0, 0.1) is 0 Å². The van der Waals surface area contributed by atoms with Crippen molar-refractivity contribution in [2.24, 2.45) is 14.1 Å². The summed E-state index contributed by atoms with van der Waals surface area (Å²) in [6.07, 6.45) is 5.90. The minimum Gasteiger partial charge on any atom is -0.328 e. The summed E-state index contributed by atoms with van der Waals surface area (Å²) in [6, 6.07) is 0. The van der Waals surface area contributed by atoms with Crippen LogP contribution in [0.2, 0.25) is 0 Å². The van der Waals surface area contributed by atoms with E-state index in [-0.39, 0.29) is 11.2 Å². The zero-order valence-electron chi connectivity index (χ0n) is 11.7. The minimum absolute atomic E-state index is 0.285. The summed E-state index contributed by atoms with van der Waals surface area (Å²) in [5.41, 5.74) is 0.405. The first-order valence-electron chi connectivity index (χ1n) is 6.68. The summed E-state index contributed by atoms with van der Waals surface area (Å²) in [6.45, 7) is 2.76. The molecule has 104 valence electrons. The van der Waals surface area contributed by atoms with Crippen LogP contribution in [0.1, 0.15) is 32.6 Å². The largest absolute Gasteiger partial charge is 0.332 e. The van der Waals surface area contributed by atoms with Crippen molar-refractivity contribution < 1.29 is 0 Å². The highest BCUT2D eigenvalue weighted by Crippen LogP contribution is 2.07. The van der Waals surface area contributed by atoms with Crippen LogP contribution in [0.4, 0.5) is 0 Å². The van der Waals surface area contributed by atoms with Gasteiger partial charge in [0.25, 0.3) is 5.56 Å². The molecule has 2 aromatic heterocycles. The Morgan fingerprint density at radius 2 is 1.89 bits per heavy atom. The van der Waals surface area contributed by atoms with Crippen LogP contribution >= 0.6 is 0 Å². The normalized spacial score (nSPS) is 11.3. The molecule has 0 fully saturated rings. The fraction of sp³-hybridized carbons (Fsp3) is 0.615. The molecular formula is C13H20N4O2. The lowest BCUT2D eigenvalue weighted by molar-refractivity contribution is 0.554. The van der Waals surface area contributed by atoms with Crippen LogP contribution < -0.4 is 11.2 Å².